The van der Waals surface area contributed by atoms with E-state index >= 15 is 0 Å². The highest BCUT2D eigenvalue weighted by Crippen LogP contribution is 2.53. The first-order valence-corrected chi connectivity index (χ1v) is 12.3. The lowest BCUT2D eigenvalue weighted by molar-refractivity contribution is -0.185. The third kappa shape index (κ3) is 5.60. The first-order valence-electron chi connectivity index (χ1n) is 11.3. The van der Waals surface area contributed by atoms with Crippen LogP contribution in [0.25, 0.3) is 0 Å². The Morgan fingerprint density at radius 1 is 1.18 bits per heavy atom. The van der Waals surface area contributed by atoms with Crippen LogP contribution in [0.4, 0.5) is 0 Å². The van der Waals surface area contributed by atoms with Crippen molar-refractivity contribution >= 4 is 23.5 Å². The van der Waals surface area contributed by atoms with E-state index in [-0.39, 0.29) is 17.6 Å². The Morgan fingerprint density at radius 3 is 2.67 bits per heavy atom. The Hall–Kier alpha value is -2.35. The number of hydrogen-bond donors (Lipinski definition) is 0. The number of thioether (sulfide) groups is 1. The SMILES string of the molecule is COC(=O)/C=C\C(=O)CC[C@H]1[C@H](c2oc(SCc3ccccc3)cc2C)CCC12OCCO2. The Bertz CT molecular complexity index is 989. The normalized spacial score (nSPS) is 21.8. The van der Waals surface area contributed by atoms with Crippen LogP contribution in [-0.4, -0.2) is 37.9 Å². The van der Waals surface area contributed by atoms with Gasteiger partial charge in [-0.05, 0) is 43.0 Å². The monoisotopic (exact) mass is 470 g/mol. The molecule has 2 fully saturated rings. The van der Waals surface area contributed by atoms with Crippen molar-refractivity contribution in [1.29, 1.82) is 0 Å². The molecule has 2 atom stereocenters. The Morgan fingerprint density at radius 2 is 1.94 bits per heavy atom. The molecule has 1 aliphatic heterocycles. The van der Waals surface area contributed by atoms with E-state index in [0.717, 1.165) is 35.0 Å². The fourth-order valence-corrected chi connectivity index (χ4v) is 5.77. The minimum Gasteiger partial charge on any atom is -0.466 e. The number of rotatable bonds is 9. The number of aryl methyl sites for hydroxylation is 1. The number of hydrogen-bond acceptors (Lipinski definition) is 7. The number of ether oxygens (including phenoxy) is 3. The number of carbonyl (C=O) groups excluding carboxylic acids is 2. The molecule has 1 saturated carbocycles. The van der Waals surface area contributed by atoms with Crippen LogP contribution in [0.1, 0.15) is 48.5 Å². The molecule has 0 unspecified atom stereocenters. The van der Waals surface area contributed by atoms with Crippen molar-refractivity contribution in [3.05, 3.63) is 65.4 Å². The molecule has 0 radical (unpaired) electrons. The zero-order chi connectivity index (χ0) is 23.3. The summed E-state index contributed by atoms with van der Waals surface area (Å²) in [5.41, 5.74) is 2.37. The van der Waals surface area contributed by atoms with Crippen molar-refractivity contribution in [3.8, 4) is 0 Å². The highest BCUT2D eigenvalue weighted by molar-refractivity contribution is 7.98. The number of ketones is 1. The van der Waals surface area contributed by atoms with E-state index < -0.39 is 11.8 Å². The van der Waals surface area contributed by atoms with Gasteiger partial charge in [-0.1, -0.05) is 42.1 Å². The van der Waals surface area contributed by atoms with E-state index in [9.17, 15) is 9.59 Å². The van der Waals surface area contributed by atoms with Gasteiger partial charge in [-0.3, -0.25) is 4.79 Å². The average molecular weight is 471 g/mol. The topological polar surface area (TPSA) is 75.0 Å². The van der Waals surface area contributed by atoms with Crippen molar-refractivity contribution in [2.24, 2.45) is 5.92 Å². The highest BCUT2D eigenvalue weighted by atomic mass is 32.2. The van der Waals surface area contributed by atoms with Crippen LogP contribution in [0.3, 0.4) is 0 Å². The molecular formula is C26H30O6S. The molecule has 6 nitrogen and oxygen atoms in total. The number of benzene rings is 1. The summed E-state index contributed by atoms with van der Waals surface area (Å²) in [4.78, 5) is 23.6. The van der Waals surface area contributed by atoms with E-state index in [4.69, 9.17) is 13.9 Å². The van der Waals surface area contributed by atoms with Gasteiger partial charge in [0.05, 0.1) is 20.3 Å². The molecule has 1 saturated heterocycles. The summed E-state index contributed by atoms with van der Waals surface area (Å²) in [6.45, 7) is 3.21. The van der Waals surface area contributed by atoms with Gasteiger partial charge in [0.1, 0.15) is 5.76 Å². The van der Waals surface area contributed by atoms with Gasteiger partial charge >= 0.3 is 5.97 Å². The molecule has 1 aromatic carbocycles. The van der Waals surface area contributed by atoms with Crippen LogP contribution in [-0.2, 0) is 29.6 Å². The number of allylic oxidation sites excluding steroid dienone is 1. The molecular weight excluding hydrogens is 440 g/mol. The summed E-state index contributed by atoms with van der Waals surface area (Å²) >= 11 is 1.69. The van der Waals surface area contributed by atoms with Crippen LogP contribution in [0, 0.1) is 12.8 Å². The van der Waals surface area contributed by atoms with E-state index in [1.807, 2.05) is 18.2 Å². The van der Waals surface area contributed by atoms with Gasteiger partial charge in [-0.25, -0.2) is 4.79 Å². The van der Waals surface area contributed by atoms with Gasteiger partial charge in [0.15, 0.2) is 16.7 Å². The zero-order valence-electron chi connectivity index (χ0n) is 19.1. The minimum atomic E-state index is -0.659. The van der Waals surface area contributed by atoms with Gasteiger partial charge in [0.2, 0.25) is 0 Å². The smallest absolute Gasteiger partial charge is 0.330 e. The van der Waals surface area contributed by atoms with Crippen LogP contribution < -0.4 is 0 Å². The minimum absolute atomic E-state index is 0.00676. The molecule has 2 aromatic rings. The molecule has 7 heteroatoms. The molecule has 0 amide bonds. The molecule has 176 valence electrons. The summed E-state index contributed by atoms with van der Waals surface area (Å²) in [6.07, 6.45) is 5.02. The van der Waals surface area contributed by atoms with Crippen LogP contribution in [0.15, 0.2) is 58.1 Å². The van der Waals surface area contributed by atoms with Gasteiger partial charge in [0, 0.05) is 36.5 Å². The first kappa shape index (κ1) is 23.8. The molecule has 0 bridgehead atoms. The standard InChI is InChI=1S/C26H30O6S/c1-18-16-24(33-17-19-6-4-3-5-7-19)32-25(18)21-12-13-26(30-14-15-31-26)22(21)10-8-20(27)9-11-23(28)29-2/h3-7,9,11,16,21-22H,8,10,12-15,17H2,1-2H3/b11-9-/t21-,22+/m1/s1. The summed E-state index contributed by atoms with van der Waals surface area (Å²) in [6, 6.07) is 12.4. The van der Waals surface area contributed by atoms with Crippen molar-refractivity contribution in [2.45, 2.75) is 55.2 Å². The molecule has 1 aromatic heterocycles. The predicted molar refractivity (Wildman–Crippen MR) is 125 cm³/mol. The summed E-state index contributed by atoms with van der Waals surface area (Å²) < 4.78 is 23.1. The number of carbonyl (C=O) groups is 2. The van der Waals surface area contributed by atoms with Gasteiger partial charge in [-0.2, -0.15) is 0 Å². The summed E-state index contributed by atoms with van der Waals surface area (Å²) in [5, 5.41) is 0.899. The van der Waals surface area contributed by atoms with Crippen molar-refractivity contribution in [3.63, 3.8) is 0 Å². The van der Waals surface area contributed by atoms with E-state index in [2.05, 4.69) is 29.9 Å². The second kappa shape index (κ2) is 10.7. The predicted octanol–water partition coefficient (Wildman–Crippen LogP) is 5.20. The summed E-state index contributed by atoms with van der Waals surface area (Å²) in [5.74, 6) is 0.622. The van der Waals surface area contributed by atoms with Gasteiger partial charge in [0.25, 0.3) is 0 Å². The second-order valence-electron chi connectivity index (χ2n) is 8.51. The second-order valence-corrected chi connectivity index (χ2v) is 9.49. The molecule has 0 N–H and O–H groups in total. The van der Waals surface area contributed by atoms with Crippen molar-refractivity contribution < 1.29 is 28.2 Å². The highest BCUT2D eigenvalue weighted by Gasteiger charge is 2.54. The van der Waals surface area contributed by atoms with Crippen molar-refractivity contribution in [2.75, 3.05) is 20.3 Å². The first-order chi connectivity index (χ1) is 16.0. The average Bonchev–Trinajstić information content (AvgIpc) is 3.55. The van der Waals surface area contributed by atoms with E-state index in [0.29, 0.717) is 26.1 Å². The molecule has 4 rings (SSSR count). The van der Waals surface area contributed by atoms with E-state index in [1.54, 1.807) is 11.8 Å². The fraction of sp³-hybridized carbons (Fsp3) is 0.462. The lowest BCUT2D eigenvalue weighted by atomic mass is 9.85. The van der Waals surface area contributed by atoms with Gasteiger partial charge < -0.3 is 18.6 Å². The maximum Gasteiger partial charge on any atom is 0.330 e. The molecule has 2 heterocycles. The number of furan rings is 1. The third-order valence-electron chi connectivity index (χ3n) is 6.43. The Kier molecular flexibility index (Phi) is 7.73. The van der Waals surface area contributed by atoms with Crippen LogP contribution in [0.5, 0.6) is 0 Å². The third-order valence-corrected chi connectivity index (χ3v) is 7.40. The maximum atomic E-state index is 12.4. The molecule has 33 heavy (non-hydrogen) atoms. The van der Waals surface area contributed by atoms with Crippen molar-refractivity contribution in [1.82, 2.24) is 0 Å². The zero-order valence-corrected chi connectivity index (χ0v) is 19.9. The van der Waals surface area contributed by atoms with Gasteiger partial charge in [-0.15, -0.1) is 0 Å². The van der Waals surface area contributed by atoms with Crippen LogP contribution in [0.2, 0.25) is 0 Å². The molecule has 2 aliphatic rings. The number of esters is 1. The lowest BCUT2D eigenvalue weighted by Gasteiger charge is -2.31. The molecule has 1 aliphatic carbocycles. The van der Waals surface area contributed by atoms with E-state index in [1.165, 1.54) is 24.8 Å². The Balaban J connectivity index is 1.47. The quantitative estimate of drug-likeness (QED) is 0.283. The lowest BCUT2D eigenvalue weighted by Crippen LogP contribution is -2.36. The van der Waals surface area contributed by atoms with Crippen LogP contribution >= 0.6 is 11.8 Å². The maximum absolute atomic E-state index is 12.4. The largest absolute Gasteiger partial charge is 0.466 e. The summed E-state index contributed by atoms with van der Waals surface area (Å²) in [7, 11) is 1.29. The molecule has 1 spiro atoms. The fourth-order valence-electron chi connectivity index (χ4n) is 4.86. The Labute approximate surface area is 198 Å². The number of methoxy groups -OCH3 is 1.